The number of para-hydroxylation sites is 1. The van der Waals surface area contributed by atoms with Gasteiger partial charge in [0.2, 0.25) is 5.91 Å². The van der Waals surface area contributed by atoms with Gasteiger partial charge < -0.3 is 5.11 Å². The van der Waals surface area contributed by atoms with Gasteiger partial charge in [-0.2, -0.15) is 0 Å². The molecule has 1 aromatic heterocycles. The van der Waals surface area contributed by atoms with Crippen molar-refractivity contribution in [3.05, 3.63) is 24.3 Å². The largest absolute Gasteiger partial charge is 0.396 e. The van der Waals surface area contributed by atoms with E-state index < -0.39 is 0 Å². The normalized spacial score (nSPS) is 19.5. The number of hydrogen-bond acceptors (Lipinski definition) is 5. The van der Waals surface area contributed by atoms with E-state index in [2.05, 4.69) is 9.88 Å². The first kappa shape index (κ1) is 15.4. The van der Waals surface area contributed by atoms with Crippen LogP contribution in [0.25, 0.3) is 10.2 Å². The number of likely N-dealkylation sites (tertiary alicyclic amines) is 1. The fraction of sp³-hybridized carbons (Fsp3) is 0.500. The number of aliphatic hydroxyl groups excluding tert-OH is 1. The van der Waals surface area contributed by atoms with Crippen LogP contribution in [-0.2, 0) is 4.79 Å². The monoisotopic (exact) mass is 319 g/mol. The van der Waals surface area contributed by atoms with Crippen LogP contribution < -0.4 is 4.90 Å². The van der Waals surface area contributed by atoms with Gasteiger partial charge in [-0.25, -0.2) is 4.98 Å². The van der Waals surface area contributed by atoms with Crippen LogP contribution in [0.15, 0.2) is 24.3 Å². The lowest BCUT2D eigenvalue weighted by atomic mass is 9.99. The van der Waals surface area contributed by atoms with Gasteiger partial charge in [0.25, 0.3) is 0 Å². The van der Waals surface area contributed by atoms with Gasteiger partial charge in [-0.3, -0.25) is 14.6 Å². The summed E-state index contributed by atoms with van der Waals surface area (Å²) in [5.74, 6) is 0.354. The summed E-state index contributed by atoms with van der Waals surface area (Å²) >= 11 is 1.54. The number of amides is 1. The third-order valence-electron chi connectivity index (χ3n) is 4.16. The summed E-state index contributed by atoms with van der Waals surface area (Å²) in [5.41, 5.74) is 0.931. The molecule has 1 aliphatic rings. The van der Waals surface area contributed by atoms with Gasteiger partial charge in [-0.15, -0.1) is 0 Å². The van der Waals surface area contributed by atoms with E-state index in [4.69, 9.17) is 0 Å². The summed E-state index contributed by atoms with van der Waals surface area (Å²) < 4.78 is 1.09. The molecule has 6 heteroatoms. The molecule has 1 aromatic carbocycles. The van der Waals surface area contributed by atoms with Crippen LogP contribution in [0, 0.1) is 5.92 Å². The van der Waals surface area contributed by atoms with Crippen molar-refractivity contribution in [1.82, 2.24) is 9.88 Å². The van der Waals surface area contributed by atoms with Gasteiger partial charge in [0, 0.05) is 20.2 Å². The van der Waals surface area contributed by atoms with Crippen LogP contribution in [0.2, 0.25) is 0 Å². The molecule has 1 unspecified atom stereocenters. The predicted octanol–water partition coefficient (Wildman–Crippen LogP) is 1.96. The molecule has 1 N–H and O–H groups in total. The van der Waals surface area contributed by atoms with Crippen LogP contribution in [0.5, 0.6) is 0 Å². The number of benzene rings is 1. The van der Waals surface area contributed by atoms with E-state index in [0.29, 0.717) is 12.5 Å². The molecule has 0 spiro atoms. The maximum Gasteiger partial charge on any atom is 0.242 e. The van der Waals surface area contributed by atoms with Crippen LogP contribution in [0.3, 0.4) is 0 Å². The van der Waals surface area contributed by atoms with Crippen molar-refractivity contribution in [2.45, 2.75) is 12.8 Å². The molecule has 3 rings (SSSR count). The first-order chi connectivity index (χ1) is 10.7. The topological polar surface area (TPSA) is 56.7 Å². The highest BCUT2D eigenvalue weighted by molar-refractivity contribution is 7.22. The van der Waals surface area contributed by atoms with E-state index in [1.165, 1.54) is 11.3 Å². The van der Waals surface area contributed by atoms with E-state index in [0.717, 1.165) is 41.3 Å². The molecule has 0 bridgehead atoms. The number of carbonyl (C=O) groups excluding carboxylic acids is 1. The molecule has 1 atom stereocenters. The highest BCUT2D eigenvalue weighted by atomic mass is 32.1. The highest BCUT2D eigenvalue weighted by Gasteiger charge is 2.23. The number of fused-ring (bicyclic) bond motifs is 1. The second-order valence-corrected chi connectivity index (χ2v) is 6.85. The first-order valence-corrected chi connectivity index (χ1v) is 8.44. The Morgan fingerprint density at radius 3 is 3.09 bits per heavy atom. The molecular formula is C16H21N3O2S. The number of rotatable bonds is 4. The Kier molecular flexibility index (Phi) is 4.71. The quantitative estimate of drug-likeness (QED) is 0.936. The van der Waals surface area contributed by atoms with Crippen molar-refractivity contribution in [2.75, 3.05) is 38.2 Å². The number of hydrogen-bond donors (Lipinski definition) is 1. The molecule has 0 saturated carbocycles. The number of thiazole rings is 1. The summed E-state index contributed by atoms with van der Waals surface area (Å²) in [6.45, 7) is 2.33. The SMILES string of the molecule is CN(C(=O)CN1CCCC(CO)C1)c1nc2ccccc2s1. The van der Waals surface area contributed by atoms with Gasteiger partial charge in [-0.1, -0.05) is 23.5 Å². The third-order valence-corrected chi connectivity index (χ3v) is 5.28. The Bertz CT molecular complexity index is 625. The fourth-order valence-corrected chi connectivity index (χ4v) is 3.80. The molecule has 1 saturated heterocycles. The number of aliphatic hydroxyl groups is 1. The van der Waals surface area contributed by atoms with E-state index >= 15 is 0 Å². The average Bonchev–Trinajstić information content (AvgIpc) is 2.98. The number of carbonyl (C=O) groups is 1. The number of anilines is 1. The number of likely N-dealkylation sites (N-methyl/N-ethyl adjacent to an activating group) is 1. The second-order valence-electron chi connectivity index (χ2n) is 5.84. The van der Waals surface area contributed by atoms with Crippen molar-refractivity contribution in [1.29, 1.82) is 0 Å². The Morgan fingerprint density at radius 1 is 1.50 bits per heavy atom. The smallest absolute Gasteiger partial charge is 0.242 e. The van der Waals surface area contributed by atoms with Gasteiger partial charge in [-0.05, 0) is 37.4 Å². The van der Waals surface area contributed by atoms with E-state index in [9.17, 15) is 9.90 Å². The van der Waals surface area contributed by atoms with E-state index in [-0.39, 0.29) is 12.5 Å². The summed E-state index contributed by atoms with van der Waals surface area (Å²) in [6, 6.07) is 7.92. The van der Waals surface area contributed by atoms with Gasteiger partial charge >= 0.3 is 0 Å². The zero-order valence-electron chi connectivity index (χ0n) is 12.7. The van der Waals surface area contributed by atoms with Gasteiger partial charge in [0.1, 0.15) is 0 Å². The Morgan fingerprint density at radius 2 is 2.32 bits per heavy atom. The van der Waals surface area contributed by atoms with Crippen LogP contribution in [0.4, 0.5) is 5.13 Å². The number of nitrogens with zero attached hydrogens (tertiary/aromatic N) is 3. The van der Waals surface area contributed by atoms with Crippen molar-refractivity contribution in [3.63, 3.8) is 0 Å². The minimum Gasteiger partial charge on any atom is -0.396 e. The summed E-state index contributed by atoms with van der Waals surface area (Å²) in [6.07, 6.45) is 2.10. The minimum atomic E-state index is 0.0534. The van der Waals surface area contributed by atoms with Crippen molar-refractivity contribution < 1.29 is 9.90 Å². The molecule has 0 aliphatic carbocycles. The second kappa shape index (κ2) is 6.73. The fourth-order valence-electron chi connectivity index (χ4n) is 2.85. The molecule has 0 radical (unpaired) electrons. The Balaban J connectivity index is 1.66. The van der Waals surface area contributed by atoms with Crippen LogP contribution in [0.1, 0.15) is 12.8 Å². The summed E-state index contributed by atoms with van der Waals surface area (Å²) in [5, 5.41) is 10.0. The maximum absolute atomic E-state index is 12.5. The average molecular weight is 319 g/mol. The lowest BCUT2D eigenvalue weighted by Crippen LogP contribution is -2.43. The third kappa shape index (κ3) is 3.29. The molecule has 1 fully saturated rings. The molecule has 22 heavy (non-hydrogen) atoms. The minimum absolute atomic E-state index is 0.0534. The van der Waals surface area contributed by atoms with Crippen molar-refractivity contribution in [2.24, 2.45) is 5.92 Å². The molecular weight excluding hydrogens is 298 g/mol. The van der Waals surface area contributed by atoms with Gasteiger partial charge in [0.15, 0.2) is 5.13 Å². The Hall–Kier alpha value is -1.50. The number of aromatic nitrogens is 1. The molecule has 2 heterocycles. The lowest BCUT2D eigenvalue weighted by molar-refractivity contribution is -0.120. The summed E-state index contributed by atoms with van der Waals surface area (Å²) in [7, 11) is 1.79. The van der Waals surface area contributed by atoms with E-state index in [1.54, 1.807) is 11.9 Å². The standard InChI is InChI=1S/C16H21N3O2S/c1-18(16-17-13-6-2-3-7-14(13)22-16)15(21)10-19-8-4-5-12(9-19)11-20/h2-3,6-7,12,20H,4-5,8-11H2,1H3. The summed E-state index contributed by atoms with van der Waals surface area (Å²) in [4.78, 5) is 20.8. The Labute approximate surface area is 134 Å². The van der Waals surface area contributed by atoms with Gasteiger partial charge in [0.05, 0.1) is 16.8 Å². The van der Waals surface area contributed by atoms with Crippen molar-refractivity contribution in [3.8, 4) is 0 Å². The van der Waals surface area contributed by atoms with E-state index in [1.807, 2.05) is 24.3 Å². The highest BCUT2D eigenvalue weighted by Crippen LogP contribution is 2.28. The molecule has 5 nitrogen and oxygen atoms in total. The van der Waals surface area contributed by atoms with Crippen molar-refractivity contribution >= 4 is 32.6 Å². The molecule has 1 aliphatic heterocycles. The maximum atomic E-state index is 12.5. The zero-order valence-corrected chi connectivity index (χ0v) is 13.6. The number of piperidine rings is 1. The molecule has 118 valence electrons. The first-order valence-electron chi connectivity index (χ1n) is 7.62. The lowest BCUT2D eigenvalue weighted by Gasteiger charge is -2.31. The molecule has 2 aromatic rings. The van der Waals surface area contributed by atoms with Crippen LogP contribution in [-0.4, -0.2) is 54.2 Å². The predicted molar refractivity (Wildman–Crippen MR) is 89.3 cm³/mol. The van der Waals surface area contributed by atoms with Crippen LogP contribution >= 0.6 is 11.3 Å². The molecule has 1 amide bonds. The zero-order chi connectivity index (χ0) is 15.5.